The van der Waals surface area contributed by atoms with Gasteiger partial charge in [-0.25, -0.2) is 0 Å². The van der Waals surface area contributed by atoms with E-state index in [1.54, 1.807) is 0 Å². The Bertz CT molecular complexity index is 968. The van der Waals surface area contributed by atoms with E-state index in [4.69, 9.17) is 9.84 Å². The van der Waals surface area contributed by atoms with Gasteiger partial charge in [0.05, 0.1) is 0 Å². The molecule has 162 valence electrons. The fourth-order valence-electron chi connectivity index (χ4n) is 4.14. The van der Waals surface area contributed by atoms with Gasteiger partial charge in [-0.05, 0) is 67.7 Å². The fraction of sp³-hybridized carbons (Fsp3) is 0.346. The van der Waals surface area contributed by atoms with Gasteiger partial charge in [-0.3, -0.25) is 9.69 Å². The molecule has 1 aliphatic rings. The Kier molecular flexibility index (Phi) is 7.39. The number of carbonyl (C=O) groups is 1. The van der Waals surface area contributed by atoms with Crippen LogP contribution in [0.15, 0.2) is 66.7 Å². The number of carboxylic acid groups (broad SMARTS) is 1. The Morgan fingerprint density at radius 3 is 2.65 bits per heavy atom. The maximum absolute atomic E-state index is 10.7. The normalized spacial score (nSPS) is 16.5. The standard InChI is InChI=1S/C26H29NO3S/c28-26(29)9-5-17-27-16-4-8-22(27)19-30-23-12-10-20(11-13-23)18-24-14-15-25(31-24)21-6-2-1-3-7-21/h1-3,6-7,10-15,22H,4-5,8-9,16-19H2,(H,28,29). The highest BCUT2D eigenvalue weighted by molar-refractivity contribution is 7.15. The summed E-state index contributed by atoms with van der Waals surface area (Å²) in [5.41, 5.74) is 2.55. The minimum atomic E-state index is -0.717. The van der Waals surface area contributed by atoms with Crippen LogP contribution in [-0.4, -0.2) is 41.7 Å². The first-order valence-electron chi connectivity index (χ1n) is 11.0. The molecule has 4 nitrogen and oxygen atoms in total. The lowest BCUT2D eigenvalue weighted by Crippen LogP contribution is -2.35. The summed E-state index contributed by atoms with van der Waals surface area (Å²) in [4.78, 5) is 15.8. The summed E-state index contributed by atoms with van der Waals surface area (Å²) < 4.78 is 6.06. The Labute approximate surface area is 188 Å². The SMILES string of the molecule is O=C(O)CCCN1CCCC1COc1ccc(Cc2ccc(-c3ccccc3)s2)cc1. The number of carboxylic acids is 1. The average molecular weight is 436 g/mol. The number of benzene rings is 2. The van der Waals surface area contributed by atoms with E-state index >= 15 is 0 Å². The molecule has 1 fully saturated rings. The third kappa shape index (κ3) is 6.18. The smallest absolute Gasteiger partial charge is 0.303 e. The van der Waals surface area contributed by atoms with Crippen molar-refractivity contribution in [2.75, 3.05) is 19.7 Å². The number of nitrogens with zero attached hydrogens (tertiary/aromatic N) is 1. The molecule has 5 heteroatoms. The van der Waals surface area contributed by atoms with Crippen LogP contribution < -0.4 is 4.74 Å². The van der Waals surface area contributed by atoms with Crippen molar-refractivity contribution in [2.24, 2.45) is 0 Å². The predicted octanol–water partition coefficient (Wildman–Crippen LogP) is 5.71. The van der Waals surface area contributed by atoms with Crippen molar-refractivity contribution in [1.29, 1.82) is 0 Å². The number of thiophene rings is 1. The van der Waals surface area contributed by atoms with Crippen LogP contribution in [0.25, 0.3) is 10.4 Å². The van der Waals surface area contributed by atoms with Crippen molar-refractivity contribution in [2.45, 2.75) is 38.1 Å². The first-order chi connectivity index (χ1) is 15.2. The van der Waals surface area contributed by atoms with E-state index in [0.717, 1.165) is 38.1 Å². The largest absolute Gasteiger partial charge is 0.492 e. The number of aliphatic carboxylic acids is 1. The summed E-state index contributed by atoms with van der Waals surface area (Å²) in [6.45, 7) is 2.54. The summed E-state index contributed by atoms with van der Waals surface area (Å²) in [6.07, 6.45) is 4.15. The maximum atomic E-state index is 10.7. The molecule has 1 saturated heterocycles. The first-order valence-corrected chi connectivity index (χ1v) is 11.8. The molecule has 1 atom stereocenters. The molecular weight excluding hydrogens is 406 g/mol. The molecule has 3 aromatic rings. The van der Waals surface area contributed by atoms with Crippen molar-refractivity contribution in [3.05, 3.63) is 77.2 Å². The lowest BCUT2D eigenvalue weighted by Gasteiger charge is -2.24. The van der Waals surface area contributed by atoms with Gasteiger partial charge in [0.15, 0.2) is 0 Å². The second kappa shape index (κ2) is 10.6. The zero-order valence-corrected chi connectivity index (χ0v) is 18.5. The molecule has 0 radical (unpaired) electrons. The summed E-state index contributed by atoms with van der Waals surface area (Å²) in [5.74, 6) is 0.184. The van der Waals surface area contributed by atoms with Crippen LogP contribution in [0.2, 0.25) is 0 Å². The number of hydrogen-bond acceptors (Lipinski definition) is 4. The highest BCUT2D eigenvalue weighted by Crippen LogP contribution is 2.29. The zero-order chi connectivity index (χ0) is 21.5. The molecule has 4 rings (SSSR count). The van der Waals surface area contributed by atoms with Crippen LogP contribution in [0, 0.1) is 0 Å². The van der Waals surface area contributed by atoms with Gasteiger partial charge >= 0.3 is 5.97 Å². The van der Waals surface area contributed by atoms with Crippen molar-refractivity contribution in [3.8, 4) is 16.2 Å². The van der Waals surface area contributed by atoms with Gasteiger partial charge < -0.3 is 9.84 Å². The van der Waals surface area contributed by atoms with Gasteiger partial charge in [0, 0.05) is 28.6 Å². The molecule has 1 aromatic heterocycles. The second-order valence-electron chi connectivity index (χ2n) is 8.09. The quantitative estimate of drug-likeness (QED) is 0.443. The highest BCUT2D eigenvalue weighted by atomic mass is 32.1. The van der Waals surface area contributed by atoms with Crippen LogP contribution in [0.1, 0.15) is 36.1 Å². The molecule has 0 spiro atoms. The van der Waals surface area contributed by atoms with Gasteiger partial charge in [0.25, 0.3) is 0 Å². The predicted molar refractivity (Wildman–Crippen MR) is 126 cm³/mol. The second-order valence-corrected chi connectivity index (χ2v) is 9.26. The molecule has 1 unspecified atom stereocenters. The van der Waals surface area contributed by atoms with Crippen molar-refractivity contribution < 1.29 is 14.6 Å². The minimum absolute atomic E-state index is 0.239. The molecule has 1 aliphatic heterocycles. The van der Waals surface area contributed by atoms with E-state index in [9.17, 15) is 4.79 Å². The Morgan fingerprint density at radius 2 is 1.87 bits per heavy atom. The van der Waals surface area contributed by atoms with Crippen LogP contribution >= 0.6 is 11.3 Å². The summed E-state index contributed by atoms with van der Waals surface area (Å²) in [6, 6.07) is 23.7. The highest BCUT2D eigenvalue weighted by Gasteiger charge is 2.24. The maximum Gasteiger partial charge on any atom is 0.303 e. The zero-order valence-electron chi connectivity index (χ0n) is 17.7. The van der Waals surface area contributed by atoms with Gasteiger partial charge in [0.2, 0.25) is 0 Å². The topological polar surface area (TPSA) is 49.8 Å². The summed E-state index contributed by atoms with van der Waals surface area (Å²) in [7, 11) is 0. The van der Waals surface area contributed by atoms with Crippen LogP contribution in [0.4, 0.5) is 0 Å². The minimum Gasteiger partial charge on any atom is -0.492 e. The first kappa shape index (κ1) is 21.6. The van der Waals surface area contributed by atoms with Crippen molar-refractivity contribution in [1.82, 2.24) is 4.90 Å². The molecular formula is C26H29NO3S. The van der Waals surface area contributed by atoms with Crippen molar-refractivity contribution in [3.63, 3.8) is 0 Å². The number of likely N-dealkylation sites (tertiary alicyclic amines) is 1. The molecule has 31 heavy (non-hydrogen) atoms. The third-order valence-corrected chi connectivity index (χ3v) is 6.93. The molecule has 0 aliphatic carbocycles. The van der Waals surface area contributed by atoms with Gasteiger partial charge in [-0.1, -0.05) is 42.5 Å². The van der Waals surface area contributed by atoms with Crippen LogP contribution in [0.3, 0.4) is 0 Å². The monoisotopic (exact) mass is 435 g/mol. The van der Waals surface area contributed by atoms with E-state index in [2.05, 4.69) is 65.6 Å². The van der Waals surface area contributed by atoms with E-state index in [1.807, 2.05) is 17.4 Å². The molecule has 2 aromatic carbocycles. The lowest BCUT2D eigenvalue weighted by atomic mass is 10.1. The fourth-order valence-corrected chi connectivity index (χ4v) is 5.19. The van der Waals surface area contributed by atoms with Crippen LogP contribution in [0.5, 0.6) is 5.75 Å². The molecule has 0 bridgehead atoms. The van der Waals surface area contributed by atoms with E-state index in [-0.39, 0.29) is 6.42 Å². The van der Waals surface area contributed by atoms with Gasteiger partial charge in [0.1, 0.15) is 12.4 Å². The lowest BCUT2D eigenvalue weighted by molar-refractivity contribution is -0.137. The summed E-state index contributed by atoms with van der Waals surface area (Å²) >= 11 is 1.85. The number of rotatable bonds is 10. The molecule has 2 heterocycles. The third-order valence-electron chi connectivity index (χ3n) is 5.80. The average Bonchev–Trinajstić information content (AvgIpc) is 3.43. The number of ether oxygens (including phenoxy) is 1. The van der Waals surface area contributed by atoms with E-state index in [0.29, 0.717) is 19.1 Å². The summed E-state index contributed by atoms with van der Waals surface area (Å²) in [5, 5.41) is 8.83. The van der Waals surface area contributed by atoms with Gasteiger partial charge in [-0.15, -0.1) is 11.3 Å². The Hall–Kier alpha value is -2.63. The molecule has 0 amide bonds. The number of hydrogen-bond donors (Lipinski definition) is 1. The molecule has 0 saturated carbocycles. The van der Waals surface area contributed by atoms with E-state index < -0.39 is 5.97 Å². The van der Waals surface area contributed by atoms with E-state index in [1.165, 1.54) is 20.9 Å². The Morgan fingerprint density at radius 1 is 1.06 bits per heavy atom. The van der Waals surface area contributed by atoms with Crippen LogP contribution in [-0.2, 0) is 11.2 Å². The Balaban J connectivity index is 1.27. The van der Waals surface area contributed by atoms with Crippen molar-refractivity contribution >= 4 is 17.3 Å². The molecule has 1 N–H and O–H groups in total. The van der Waals surface area contributed by atoms with Gasteiger partial charge in [-0.2, -0.15) is 0 Å².